The van der Waals surface area contributed by atoms with Gasteiger partial charge in [0.15, 0.2) is 0 Å². The summed E-state index contributed by atoms with van der Waals surface area (Å²) >= 11 is 0. The summed E-state index contributed by atoms with van der Waals surface area (Å²) in [5.41, 5.74) is 0.336. The summed E-state index contributed by atoms with van der Waals surface area (Å²) in [6, 6.07) is 6.58. The van der Waals surface area contributed by atoms with Gasteiger partial charge in [0.1, 0.15) is 0 Å². The molecule has 1 N–H and O–H groups in total. The number of halogens is 2. The number of para-hydroxylation sites is 1. The highest BCUT2D eigenvalue weighted by Gasteiger charge is 2.10. The molecule has 0 saturated carbocycles. The van der Waals surface area contributed by atoms with Crippen molar-refractivity contribution in [3.63, 3.8) is 0 Å². The first kappa shape index (κ1) is 8.45. The van der Waals surface area contributed by atoms with E-state index in [0.29, 0.717) is 5.69 Å². The fourth-order valence-corrected chi connectivity index (χ4v) is 0.687. The molecule has 1 aromatic rings. The summed E-state index contributed by atoms with van der Waals surface area (Å²) in [7, 11) is 0. The lowest BCUT2D eigenvalue weighted by atomic mass is 10.3. The molecule has 1 rings (SSSR count). The summed E-state index contributed by atoms with van der Waals surface area (Å²) in [6.07, 6.45) is 0. The highest BCUT2D eigenvalue weighted by molar-refractivity contribution is 5.87. The Bertz CT molecular complexity index is 263. The number of benzene rings is 1. The van der Waals surface area contributed by atoms with Crippen LogP contribution in [0.4, 0.5) is 19.4 Å². The number of hydrogen-bond acceptors (Lipinski definition) is 1. The highest BCUT2D eigenvalue weighted by Crippen LogP contribution is 2.06. The van der Waals surface area contributed by atoms with E-state index in [0.717, 1.165) is 0 Å². The lowest BCUT2D eigenvalue weighted by Crippen LogP contribution is -2.20. The van der Waals surface area contributed by atoms with Crippen LogP contribution in [0.3, 0.4) is 0 Å². The van der Waals surface area contributed by atoms with E-state index in [4.69, 9.17) is 0 Å². The second-order valence-corrected chi connectivity index (χ2v) is 2.03. The molecule has 0 fully saturated rings. The lowest BCUT2D eigenvalue weighted by molar-refractivity contribution is -0.0935. The number of carbonyl (C=O) groups excluding carboxylic acids is 1. The van der Waals surface area contributed by atoms with E-state index in [1.165, 1.54) is 12.1 Å². The standard InChI is InChI=1S/C7H6F2N2O/c8-11(9)7(12)10-6-4-2-1-3-5-6/h1-5H,(H,10,12). The van der Waals surface area contributed by atoms with Crippen molar-refractivity contribution >= 4 is 11.7 Å². The number of rotatable bonds is 1. The van der Waals surface area contributed by atoms with Crippen molar-refractivity contribution in [2.75, 3.05) is 5.32 Å². The number of nitrogens with one attached hydrogen (secondary N) is 1. The minimum absolute atomic E-state index is 0.336. The topological polar surface area (TPSA) is 32.3 Å². The van der Waals surface area contributed by atoms with Gasteiger partial charge in [-0.25, -0.2) is 4.79 Å². The van der Waals surface area contributed by atoms with E-state index in [1.54, 1.807) is 18.2 Å². The van der Waals surface area contributed by atoms with Crippen LogP contribution in [0, 0.1) is 0 Å². The van der Waals surface area contributed by atoms with E-state index in [1.807, 2.05) is 5.32 Å². The molecule has 0 unspecified atom stereocenters. The Morgan fingerprint density at radius 1 is 1.25 bits per heavy atom. The number of carbonyl (C=O) groups is 1. The zero-order valence-electron chi connectivity index (χ0n) is 6.00. The van der Waals surface area contributed by atoms with Crippen LogP contribution in [0.25, 0.3) is 0 Å². The number of hydrogen-bond donors (Lipinski definition) is 1. The number of amides is 2. The van der Waals surface area contributed by atoms with E-state index in [9.17, 15) is 13.8 Å². The van der Waals surface area contributed by atoms with Crippen LogP contribution in [0.2, 0.25) is 0 Å². The Balaban J connectivity index is 2.59. The van der Waals surface area contributed by atoms with E-state index in [2.05, 4.69) is 0 Å². The molecule has 0 heterocycles. The smallest absolute Gasteiger partial charge is 0.304 e. The zero-order valence-corrected chi connectivity index (χ0v) is 6.00. The van der Waals surface area contributed by atoms with Gasteiger partial charge in [-0.1, -0.05) is 27.2 Å². The first-order valence-corrected chi connectivity index (χ1v) is 3.18. The minimum atomic E-state index is -1.51. The SMILES string of the molecule is O=C(Nc1ccccc1)N(F)F. The quantitative estimate of drug-likeness (QED) is 0.647. The van der Waals surface area contributed by atoms with Gasteiger partial charge >= 0.3 is 6.03 Å². The van der Waals surface area contributed by atoms with Gasteiger partial charge in [-0.05, 0) is 12.1 Å². The van der Waals surface area contributed by atoms with Gasteiger partial charge in [-0.15, -0.1) is 0 Å². The van der Waals surface area contributed by atoms with Crippen LogP contribution in [0.1, 0.15) is 0 Å². The van der Waals surface area contributed by atoms with Crippen LogP contribution in [-0.2, 0) is 0 Å². The predicted molar refractivity (Wildman–Crippen MR) is 39.5 cm³/mol. The molecule has 0 atom stereocenters. The van der Waals surface area contributed by atoms with Gasteiger partial charge in [-0.3, -0.25) is 0 Å². The van der Waals surface area contributed by atoms with Crippen molar-refractivity contribution in [3.05, 3.63) is 30.3 Å². The molecular formula is C7H6F2N2O. The van der Waals surface area contributed by atoms with Crippen LogP contribution >= 0.6 is 0 Å². The van der Waals surface area contributed by atoms with Gasteiger partial charge in [0.2, 0.25) is 0 Å². The lowest BCUT2D eigenvalue weighted by Gasteiger charge is -2.03. The van der Waals surface area contributed by atoms with Crippen molar-refractivity contribution < 1.29 is 13.8 Å². The Labute approximate surface area is 67.5 Å². The molecule has 0 aromatic heterocycles. The van der Waals surface area contributed by atoms with Gasteiger partial charge in [-0.2, -0.15) is 0 Å². The largest absolute Gasteiger partial charge is 0.380 e. The fourth-order valence-electron chi connectivity index (χ4n) is 0.687. The van der Waals surface area contributed by atoms with Crippen molar-refractivity contribution in [2.24, 2.45) is 0 Å². The normalized spacial score (nSPS) is 9.17. The maximum Gasteiger partial charge on any atom is 0.380 e. The second kappa shape index (κ2) is 3.66. The van der Waals surface area contributed by atoms with Crippen LogP contribution in [0.5, 0.6) is 0 Å². The summed E-state index contributed by atoms with van der Waals surface area (Å²) in [5, 5.41) is 0.471. The van der Waals surface area contributed by atoms with Gasteiger partial charge in [0.05, 0.1) is 0 Å². The molecule has 1 aromatic carbocycles. The summed E-state index contributed by atoms with van der Waals surface area (Å²) < 4.78 is 23.1. The maximum atomic E-state index is 11.5. The molecular weight excluding hydrogens is 166 g/mol. The molecule has 0 aliphatic carbocycles. The Morgan fingerprint density at radius 2 is 1.83 bits per heavy atom. The first-order valence-electron chi connectivity index (χ1n) is 3.18. The Morgan fingerprint density at radius 3 is 2.33 bits per heavy atom. The molecule has 0 aliphatic rings. The number of nitrogens with zero attached hydrogens (tertiary/aromatic N) is 1. The van der Waals surface area contributed by atoms with Gasteiger partial charge in [0, 0.05) is 11.0 Å². The van der Waals surface area contributed by atoms with Crippen LogP contribution in [0.15, 0.2) is 30.3 Å². The van der Waals surface area contributed by atoms with Crippen LogP contribution in [-0.4, -0.2) is 11.4 Å². The molecule has 0 spiro atoms. The summed E-state index contributed by atoms with van der Waals surface area (Å²) in [6.45, 7) is 0. The Hall–Kier alpha value is -1.65. The highest BCUT2D eigenvalue weighted by atomic mass is 19.4. The average Bonchev–Trinajstić information content (AvgIpc) is 2.06. The minimum Gasteiger partial charge on any atom is -0.304 e. The van der Waals surface area contributed by atoms with Crippen molar-refractivity contribution in [1.29, 1.82) is 0 Å². The molecule has 64 valence electrons. The number of urea groups is 1. The molecule has 12 heavy (non-hydrogen) atoms. The third-order valence-corrected chi connectivity index (χ3v) is 1.18. The van der Waals surface area contributed by atoms with Crippen molar-refractivity contribution in [2.45, 2.75) is 0 Å². The first-order chi connectivity index (χ1) is 5.70. The molecule has 0 aliphatic heterocycles. The van der Waals surface area contributed by atoms with E-state index < -0.39 is 11.4 Å². The monoisotopic (exact) mass is 172 g/mol. The van der Waals surface area contributed by atoms with E-state index in [-0.39, 0.29) is 0 Å². The van der Waals surface area contributed by atoms with Gasteiger partial charge < -0.3 is 5.32 Å². The molecule has 0 bridgehead atoms. The van der Waals surface area contributed by atoms with E-state index >= 15 is 0 Å². The molecule has 3 nitrogen and oxygen atoms in total. The molecule has 0 saturated heterocycles. The number of anilines is 1. The third kappa shape index (κ3) is 2.19. The maximum absolute atomic E-state index is 11.5. The molecule has 0 radical (unpaired) electrons. The van der Waals surface area contributed by atoms with Crippen molar-refractivity contribution in [3.8, 4) is 0 Å². The third-order valence-electron chi connectivity index (χ3n) is 1.18. The Kier molecular flexibility index (Phi) is 2.57. The summed E-state index contributed by atoms with van der Waals surface area (Å²) in [4.78, 5) is 10.4. The predicted octanol–water partition coefficient (Wildman–Crippen LogP) is 2.29. The van der Waals surface area contributed by atoms with Crippen molar-refractivity contribution in [1.82, 2.24) is 5.34 Å². The second-order valence-electron chi connectivity index (χ2n) is 2.03. The van der Waals surface area contributed by atoms with Crippen LogP contribution < -0.4 is 5.32 Å². The molecule has 2 amide bonds. The zero-order chi connectivity index (χ0) is 8.97. The molecule has 5 heteroatoms. The fraction of sp³-hybridized carbons (Fsp3) is 0. The average molecular weight is 172 g/mol. The van der Waals surface area contributed by atoms with Gasteiger partial charge in [0.25, 0.3) is 0 Å². The summed E-state index contributed by atoms with van der Waals surface area (Å²) in [5.74, 6) is 0.